The van der Waals surface area contributed by atoms with Crippen LogP contribution in [-0.2, 0) is 25.1 Å². The Morgan fingerprint density at radius 3 is 2.48 bits per heavy atom. The van der Waals surface area contributed by atoms with Crippen LogP contribution in [0.2, 0.25) is 0 Å². The Bertz CT molecular complexity index is 633. The van der Waals surface area contributed by atoms with Gasteiger partial charge in [-0.05, 0) is 13.0 Å². The van der Waals surface area contributed by atoms with Gasteiger partial charge in [-0.1, -0.05) is 0 Å². The number of hydrogen-bond donors (Lipinski definition) is 0. The fourth-order valence-corrected chi connectivity index (χ4v) is 2.58. The zero-order chi connectivity index (χ0) is 17.4. The van der Waals surface area contributed by atoms with Crippen LogP contribution in [0.5, 0.6) is 0 Å². The van der Waals surface area contributed by atoms with E-state index in [0.29, 0.717) is 12.7 Å². The van der Waals surface area contributed by atoms with Gasteiger partial charge in [-0.25, -0.2) is 0 Å². The van der Waals surface area contributed by atoms with Gasteiger partial charge in [0, 0.05) is 12.7 Å². The van der Waals surface area contributed by atoms with Gasteiger partial charge in [0.2, 0.25) is 0 Å². The van der Waals surface area contributed by atoms with Gasteiger partial charge in [0.05, 0.1) is 33.3 Å². The van der Waals surface area contributed by atoms with Crippen molar-refractivity contribution in [2.24, 2.45) is 0 Å². The van der Waals surface area contributed by atoms with Crippen LogP contribution < -0.4 is 0 Å². The third-order valence-electron chi connectivity index (χ3n) is 2.54. The minimum absolute atomic E-state index is 0.0216. The van der Waals surface area contributed by atoms with Crippen molar-refractivity contribution < 1.29 is 28.3 Å². The number of carbonyl (C=O) groups is 1. The lowest BCUT2D eigenvalue weighted by atomic mass is 10.3. The number of ether oxygens (including phenoxy) is 2. The molecular formula is C12H14N2O8S. The smallest absolute Gasteiger partial charge is 0.319 e. The monoisotopic (exact) mass is 346 g/mol. The molecule has 11 heteroatoms. The summed E-state index contributed by atoms with van der Waals surface area (Å²) >= 11 is 0. The van der Waals surface area contributed by atoms with Gasteiger partial charge in [-0.2, -0.15) is 0 Å². The largest absolute Gasteiger partial charge is 0.463 e. The van der Waals surface area contributed by atoms with Crippen molar-refractivity contribution in [3.05, 3.63) is 38.4 Å². The van der Waals surface area contributed by atoms with Crippen LogP contribution >= 0.6 is 0 Å². The third-order valence-corrected chi connectivity index (χ3v) is 3.87. The molecule has 23 heavy (non-hydrogen) atoms. The fourth-order valence-electron chi connectivity index (χ4n) is 1.54. The number of hydrogen-bond acceptors (Lipinski definition) is 8. The van der Waals surface area contributed by atoms with Crippen LogP contribution in [0.1, 0.15) is 6.92 Å². The standard InChI is InChI=1S/C12H14N2O8S/c1-2-21-5-6-22-12(15)8-23(20)11-4-3-9(13(16)17)7-10(11)14(18)19/h3-4,7H,2,5-6,8H2,1H3. The van der Waals surface area contributed by atoms with Crippen molar-refractivity contribution in [2.75, 3.05) is 25.6 Å². The van der Waals surface area contributed by atoms with E-state index >= 15 is 0 Å². The predicted octanol–water partition coefficient (Wildman–Crippen LogP) is 1.19. The Hall–Kier alpha value is -2.40. The molecule has 0 aromatic heterocycles. The molecule has 0 aliphatic carbocycles. The van der Waals surface area contributed by atoms with Crippen molar-refractivity contribution in [3.8, 4) is 0 Å². The second-order valence-electron chi connectivity index (χ2n) is 4.07. The maximum Gasteiger partial charge on any atom is 0.319 e. The quantitative estimate of drug-likeness (QED) is 0.281. The minimum atomic E-state index is -2.05. The molecule has 1 unspecified atom stereocenters. The molecule has 0 radical (unpaired) electrons. The van der Waals surface area contributed by atoms with Crippen LogP contribution in [0.25, 0.3) is 0 Å². The maximum atomic E-state index is 12.1. The number of carbonyl (C=O) groups excluding carboxylic acids is 1. The lowest BCUT2D eigenvalue weighted by molar-refractivity contribution is -0.396. The Labute approximate surface area is 133 Å². The fraction of sp³-hybridized carbons (Fsp3) is 0.417. The van der Waals surface area contributed by atoms with Gasteiger partial charge in [-0.3, -0.25) is 29.2 Å². The lowest BCUT2D eigenvalue weighted by Gasteiger charge is -2.05. The predicted molar refractivity (Wildman–Crippen MR) is 78.5 cm³/mol. The zero-order valence-corrected chi connectivity index (χ0v) is 12.9. The van der Waals surface area contributed by atoms with Crippen molar-refractivity contribution in [3.63, 3.8) is 0 Å². The molecule has 1 aromatic rings. The van der Waals surface area contributed by atoms with Crippen molar-refractivity contribution in [1.82, 2.24) is 0 Å². The topological polar surface area (TPSA) is 139 Å². The molecule has 126 valence electrons. The third kappa shape index (κ3) is 5.71. The molecule has 1 aromatic carbocycles. The number of non-ortho nitro benzene ring substituents is 1. The number of nitro groups is 2. The number of esters is 1. The number of nitro benzene ring substituents is 2. The molecule has 0 saturated heterocycles. The summed E-state index contributed by atoms with van der Waals surface area (Å²) < 4.78 is 21.8. The lowest BCUT2D eigenvalue weighted by Crippen LogP contribution is -2.17. The van der Waals surface area contributed by atoms with E-state index in [1.165, 1.54) is 0 Å². The molecule has 0 fully saturated rings. The van der Waals surface area contributed by atoms with Gasteiger partial charge < -0.3 is 9.47 Å². The summed E-state index contributed by atoms with van der Waals surface area (Å²) in [5.74, 6) is -1.40. The van der Waals surface area contributed by atoms with Gasteiger partial charge in [-0.15, -0.1) is 0 Å². The molecule has 0 bridgehead atoms. The van der Waals surface area contributed by atoms with Gasteiger partial charge in [0.1, 0.15) is 17.3 Å². The summed E-state index contributed by atoms with van der Waals surface area (Å²) in [6.45, 7) is 2.39. The number of nitrogens with zero attached hydrogens (tertiary/aromatic N) is 2. The summed E-state index contributed by atoms with van der Waals surface area (Å²) in [5, 5.41) is 21.6. The number of benzene rings is 1. The van der Waals surface area contributed by atoms with E-state index in [9.17, 15) is 29.2 Å². The van der Waals surface area contributed by atoms with Crippen LogP contribution in [0.15, 0.2) is 23.1 Å². The molecule has 0 spiro atoms. The van der Waals surface area contributed by atoms with E-state index in [4.69, 9.17) is 9.47 Å². The molecule has 0 aliphatic rings. The summed E-state index contributed by atoms with van der Waals surface area (Å²) in [6, 6.07) is 2.69. The van der Waals surface area contributed by atoms with E-state index < -0.39 is 43.7 Å². The van der Waals surface area contributed by atoms with Crippen molar-refractivity contribution in [1.29, 1.82) is 0 Å². The van der Waals surface area contributed by atoms with E-state index in [1.807, 2.05) is 0 Å². The second kappa shape index (κ2) is 8.90. The zero-order valence-electron chi connectivity index (χ0n) is 12.1. The summed E-state index contributed by atoms with van der Waals surface area (Å²) in [5.41, 5.74) is -1.18. The summed E-state index contributed by atoms with van der Waals surface area (Å²) in [7, 11) is -2.05. The molecular weight excluding hydrogens is 332 g/mol. The van der Waals surface area contributed by atoms with Crippen LogP contribution in [0.4, 0.5) is 11.4 Å². The SMILES string of the molecule is CCOCCOC(=O)CS(=O)c1ccc([N+](=O)[O-])cc1[N+](=O)[O-]. The first-order valence-corrected chi connectivity index (χ1v) is 7.73. The van der Waals surface area contributed by atoms with Crippen molar-refractivity contribution >= 4 is 28.1 Å². The summed E-state index contributed by atoms with van der Waals surface area (Å²) in [6.07, 6.45) is 0. The molecule has 10 nitrogen and oxygen atoms in total. The molecule has 0 aliphatic heterocycles. The number of rotatable bonds is 9. The first-order chi connectivity index (χ1) is 10.9. The van der Waals surface area contributed by atoms with E-state index in [0.717, 1.165) is 12.1 Å². The molecule has 1 rings (SSSR count). The van der Waals surface area contributed by atoms with Crippen molar-refractivity contribution in [2.45, 2.75) is 11.8 Å². The van der Waals surface area contributed by atoms with Crippen LogP contribution in [0.3, 0.4) is 0 Å². The molecule has 1 atom stereocenters. The van der Waals surface area contributed by atoms with Crippen LogP contribution in [-0.4, -0.2) is 45.6 Å². The first-order valence-electron chi connectivity index (χ1n) is 6.41. The Balaban J connectivity index is 2.81. The van der Waals surface area contributed by atoms with Crippen LogP contribution in [0, 0.1) is 20.2 Å². The second-order valence-corrected chi connectivity index (χ2v) is 5.49. The van der Waals surface area contributed by atoms with E-state index in [-0.39, 0.29) is 18.1 Å². The van der Waals surface area contributed by atoms with Gasteiger partial charge in [0.15, 0.2) is 0 Å². The normalized spacial score (nSPS) is 11.7. The summed E-state index contributed by atoms with van der Waals surface area (Å²) in [4.78, 5) is 31.1. The molecule has 0 heterocycles. The molecule has 0 saturated carbocycles. The Kier molecular flexibility index (Phi) is 7.22. The minimum Gasteiger partial charge on any atom is -0.463 e. The van der Waals surface area contributed by atoms with E-state index in [1.54, 1.807) is 6.92 Å². The van der Waals surface area contributed by atoms with Gasteiger partial charge in [0.25, 0.3) is 11.4 Å². The molecule has 0 N–H and O–H groups in total. The van der Waals surface area contributed by atoms with Gasteiger partial charge >= 0.3 is 5.97 Å². The first kappa shape index (κ1) is 18.6. The average Bonchev–Trinajstić information content (AvgIpc) is 2.50. The maximum absolute atomic E-state index is 12.1. The highest BCUT2D eigenvalue weighted by molar-refractivity contribution is 7.85. The Morgan fingerprint density at radius 2 is 1.91 bits per heavy atom. The highest BCUT2D eigenvalue weighted by Gasteiger charge is 2.24. The highest BCUT2D eigenvalue weighted by Crippen LogP contribution is 2.27. The highest BCUT2D eigenvalue weighted by atomic mass is 32.2. The Morgan fingerprint density at radius 1 is 1.22 bits per heavy atom. The molecule has 0 amide bonds. The average molecular weight is 346 g/mol. The van der Waals surface area contributed by atoms with E-state index in [2.05, 4.69) is 0 Å².